The van der Waals surface area contributed by atoms with Crippen molar-refractivity contribution in [3.63, 3.8) is 0 Å². The van der Waals surface area contributed by atoms with Gasteiger partial charge in [-0.25, -0.2) is 4.79 Å². The zero-order valence-electron chi connectivity index (χ0n) is 56.9. The molecule has 3 aliphatic heterocycles. The first kappa shape index (κ1) is 76.5. The van der Waals surface area contributed by atoms with E-state index in [0.717, 1.165) is 21.6 Å². The van der Waals surface area contributed by atoms with Crippen molar-refractivity contribution in [3.8, 4) is 5.75 Å². The van der Waals surface area contributed by atoms with Crippen LogP contribution in [0.4, 0.5) is 0 Å². The fraction of sp³-hybridized carbons (Fsp3) is 0.700. The van der Waals surface area contributed by atoms with Crippen LogP contribution < -0.4 is 4.74 Å². The van der Waals surface area contributed by atoms with Gasteiger partial charge in [-0.15, -0.1) is 6.58 Å². The SMILES string of the molecule is C=CC[C@@H]1/C=C(\C)C[C@H](C)C[C@H](OC)[C@H]2O[C@@](O)(C(=O)C(=O)N3CCCC[C@H]3C(=O)O[C@H](/C(C)=C/[C@@H]3CC[C@@H](OC(=O)CC(C)(C)c4c(C)cc(C)cc4OC(=O)CC(C)CC(=O)OC(COC(C)=O)COC(C)=O)[C@H](OC)C3)[C@H](C)[C@@H](O)CC1=O)[C@H](C)C[C@@H]2OC. The number of methoxy groups -OCH3 is 3. The minimum Gasteiger partial charge on any atom is -0.462 e. The van der Waals surface area contributed by atoms with Crippen LogP contribution in [0.2, 0.25) is 0 Å². The lowest BCUT2D eigenvalue weighted by Crippen LogP contribution is -2.64. The molecule has 514 valence electrons. The number of carbonyl (C=O) groups is 9. The molecule has 4 aliphatic rings. The molecule has 0 radical (unpaired) electrons. The molecular formula is C70H103NO21. The van der Waals surface area contributed by atoms with Gasteiger partial charge in [0.2, 0.25) is 5.79 Å². The number of esters is 6. The molecule has 1 unspecified atom stereocenters. The molecule has 1 aromatic rings. The van der Waals surface area contributed by atoms with E-state index >= 15 is 0 Å². The van der Waals surface area contributed by atoms with Crippen LogP contribution in [-0.2, 0) is 91.2 Å². The molecule has 1 saturated carbocycles. The van der Waals surface area contributed by atoms with E-state index in [-0.39, 0.29) is 81.7 Å². The zero-order chi connectivity index (χ0) is 68.5. The zero-order valence-corrected chi connectivity index (χ0v) is 56.9. The summed E-state index contributed by atoms with van der Waals surface area (Å²) in [5, 5.41) is 24.3. The van der Waals surface area contributed by atoms with Crippen LogP contribution in [0.25, 0.3) is 0 Å². The number of nitrogens with zero attached hydrogens (tertiary/aromatic N) is 1. The smallest absolute Gasteiger partial charge is 0.329 e. The summed E-state index contributed by atoms with van der Waals surface area (Å²) in [4.78, 5) is 123. The van der Waals surface area contributed by atoms with Crippen molar-refractivity contribution < 1.29 is 101 Å². The molecule has 1 aliphatic carbocycles. The van der Waals surface area contributed by atoms with Crippen LogP contribution in [0.5, 0.6) is 5.75 Å². The Morgan fingerprint density at radius 3 is 2.07 bits per heavy atom. The number of hydrogen-bond donors (Lipinski definition) is 2. The summed E-state index contributed by atoms with van der Waals surface area (Å²) in [6.07, 6.45) is 1.58. The Kier molecular flexibility index (Phi) is 29.0. The Morgan fingerprint density at radius 2 is 1.45 bits per heavy atom. The van der Waals surface area contributed by atoms with Crippen molar-refractivity contribution in [1.29, 1.82) is 0 Å². The van der Waals surface area contributed by atoms with E-state index in [2.05, 4.69) is 6.58 Å². The summed E-state index contributed by atoms with van der Waals surface area (Å²) in [5.74, 6) is -12.0. The van der Waals surface area contributed by atoms with Crippen LogP contribution in [0, 0.1) is 49.4 Å². The lowest BCUT2D eigenvalue weighted by Gasteiger charge is -2.47. The predicted octanol–water partition coefficient (Wildman–Crippen LogP) is 8.53. The molecule has 1 aromatic carbocycles. The Balaban J connectivity index is 1.35. The highest BCUT2D eigenvalue weighted by Crippen LogP contribution is 2.42. The monoisotopic (exact) mass is 1290 g/mol. The second-order valence-electron chi connectivity index (χ2n) is 27.0. The first-order valence-corrected chi connectivity index (χ1v) is 32.5. The molecule has 2 saturated heterocycles. The van der Waals surface area contributed by atoms with Gasteiger partial charge < -0.3 is 62.5 Å². The number of Topliss-reactive ketones (excluding diaryl/α,β-unsaturated/α-hetero) is 2. The summed E-state index contributed by atoms with van der Waals surface area (Å²) >= 11 is 0. The Hall–Kier alpha value is -6.17. The average molecular weight is 1290 g/mol. The third-order valence-electron chi connectivity index (χ3n) is 18.3. The molecule has 0 aromatic heterocycles. The summed E-state index contributed by atoms with van der Waals surface area (Å²) in [5.41, 5.74) is 2.70. The predicted molar refractivity (Wildman–Crippen MR) is 337 cm³/mol. The van der Waals surface area contributed by atoms with Crippen molar-refractivity contribution in [1.82, 2.24) is 4.90 Å². The van der Waals surface area contributed by atoms with Crippen molar-refractivity contribution in [2.75, 3.05) is 41.1 Å². The highest BCUT2D eigenvalue weighted by Gasteiger charge is 2.57. The van der Waals surface area contributed by atoms with Gasteiger partial charge >= 0.3 is 35.8 Å². The minimum absolute atomic E-state index is 0.0163. The second-order valence-corrected chi connectivity index (χ2v) is 27.0. The molecule has 2 N–H and O–H groups in total. The number of piperidine rings is 1. The van der Waals surface area contributed by atoms with E-state index in [1.165, 1.54) is 35.2 Å². The van der Waals surface area contributed by atoms with Gasteiger partial charge in [-0.05, 0) is 132 Å². The number of amides is 1. The number of carbonyl (C=O) groups excluding carboxylic acids is 9. The quantitative estimate of drug-likeness (QED) is 0.0383. The molecule has 22 nitrogen and oxygen atoms in total. The van der Waals surface area contributed by atoms with Gasteiger partial charge in [0.05, 0.1) is 30.8 Å². The highest BCUT2D eigenvalue weighted by atomic mass is 16.7. The number of aliphatic hydroxyl groups excluding tert-OH is 1. The van der Waals surface area contributed by atoms with Gasteiger partial charge in [-0.2, -0.15) is 0 Å². The molecule has 5 rings (SSSR count). The van der Waals surface area contributed by atoms with E-state index in [1.54, 1.807) is 39.8 Å². The third-order valence-corrected chi connectivity index (χ3v) is 18.3. The number of fused-ring (bicyclic) bond motifs is 3. The van der Waals surface area contributed by atoms with E-state index in [0.29, 0.717) is 62.5 Å². The fourth-order valence-corrected chi connectivity index (χ4v) is 13.7. The molecule has 3 heterocycles. The summed E-state index contributed by atoms with van der Waals surface area (Å²) in [6, 6.07) is 2.39. The van der Waals surface area contributed by atoms with Gasteiger partial charge in [0.1, 0.15) is 49.1 Å². The number of aliphatic hydroxyl groups is 2. The van der Waals surface area contributed by atoms with E-state index in [9.17, 15) is 53.4 Å². The number of cyclic esters (lactones) is 1. The van der Waals surface area contributed by atoms with Crippen molar-refractivity contribution in [2.45, 2.75) is 239 Å². The number of aryl methyl sites for hydroxylation is 2. The number of rotatable bonds is 21. The third kappa shape index (κ3) is 21.2. The van der Waals surface area contributed by atoms with Gasteiger partial charge in [0, 0.05) is 89.7 Å². The van der Waals surface area contributed by atoms with Crippen molar-refractivity contribution >= 4 is 53.3 Å². The first-order chi connectivity index (χ1) is 43.2. The number of ketones is 2. The molecule has 0 spiro atoms. The molecular weight excluding hydrogens is 1190 g/mol. The normalized spacial score (nSPS) is 30.1. The minimum atomic E-state index is -2.59. The molecule has 15 atom stereocenters. The van der Waals surface area contributed by atoms with Crippen LogP contribution in [-0.4, -0.2) is 170 Å². The average Bonchev–Trinajstić information content (AvgIpc) is 0.791. The number of ether oxygens (including phenoxy) is 10. The number of hydrogen-bond acceptors (Lipinski definition) is 21. The fourth-order valence-electron chi connectivity index (χ4n) is 13.7. The Labute approximate surface area is 543 Å². The van der Waals surface area contributed by atoms with Gasteiger partial charge in [0.25, 0.3) is 11.7 Å². The van der Waals surface area contributed by atoms with Gasteiger partial charge in [0.15, 0.2) is 6.10 Å². The first-order valence-electron chi connectivity index (χ1n) is 32.5. The van der Waals surface area contributed by atoms with E-state index < -0.39 is 137 Å². The molecule has 1 amide bonds. The molecule has 3 fully saturated rings. The molecule has 92 heavy (non-hydrogen) atoms. The number of benzene rings is 1. The largest absolute Gasteiger partial charge is 0.462 e. The number of allylic oxidation sites excluding steroid dienone is 4. The second kappa shape index (κ2) is 34.8. The standard InChI is InChI=1S/C70H103NO21/c1-17-20-50-27-39(2)25-40(3)29-58(84-15)65-59(85-16)33-45(8)70(82,92-65)66(79)67(80)71-24-19-18-21-52(71)68(81)91-64(46(9)53(74)35-54(50)75)44(7)32-49-22-23-55(56(34-49)83-14)89-62(78)36-69(12,13)63-43(6)26-41(4)28-57(63)90-61(77)31-42(5)30-60(76)88-51(37-86-47(10)72)38-87-48(11)73/h17,26-28,32,40,42,45-46,49-53,55-56,58-59,64-65,74,82H,1,18-25,29-31,33-38H2,2-16H3/b39-27+,44-32+/t40-,42?,45+,46+,49-,50+,52-,53-,55+,56+,58-,59-,64+,65+,70+/m0/s1. The maximum Gasteiger partial charge on any atom is 0.329 e. The van der Waals surface area contributed by atoms with Crippen molar-refractivity contribution in [3.05, 3.63) is 64.8 Å². The summed E-state index contributed by atoms with van der Waals surface area (Å²) < 4.78 is 58.1. The summed E-state index contributed by atoms with van der Waals surface area (Å²) in [7, 11) is 4.54. The lowest BCUT2D eigenvalue weighted by atomic mass is 9.78. The van der Waals surface area contributed by atoms with E-state index in [4.69, 9.17) is 47.4 Å². The van der Waals surface area contributed by atoms with Gasteiger partial charge in [-0.1, -0.05) is 71.4 Å². The Bertz CT molecular complexity index is 2820. The van der Waals surface area contributed by atoms with Crippen LogP contribution in [0.15, 0.2) is 48.1 Å². The topological polar surface area (TPSA) is 290 Å². The van der Waals surface area contributed by atoms with Crippen LogP contribution in [0.3, 0.4) is 0 Å². The van der Waals surface area contributed by atoms with Crippen molar-refractivity contribution in [2.24, 2.45) is 35.5 Å². The lowest BCUT2D eigenvalue weighted by molar-refractivity contribution is -0.302. The van der Waals surface area contributed by atoms with Crippen LogP contribution in [0.1, 0.15) is 176 Å². The maximum atomic E-state index is 14.8. The summed E-state index contributed by atoms with van der Waals surface area (Å²) in [6.45, 7) is 23.7. The van der Waals surface area contributed by atoms with Gasteiger partial charge in [-0.3, -0.25) is 38.4 Å². The Morgan fingerprint density at radius 1 is 0.815 bits per heavy atom. The molecule has 2 bridgehead atoms. The maximum absolute atomic E-state index is 14.8. The molecule has 22 heteroatoms. The van der Waals surface area contributed by atoms with Crippen LogP contribution >= 0.6 is 0 Å². The van der Waals surface area contributed by atoms with E-state index in [1.807, 2.05) is 59.8 Å². The highest BCUT2D eigenvalue weighted by molar-refractivity contribution is 6.39.